The zero-order valence-electron chi connectivity index (χ0n) is 8.23. The molecule has 0 aliphatic rings. The number of nitrogens with two attached hydrogens (primary N) is 1. The molecule has 0 aliphatic carbocycles. The molecule has 0 saturated carbocycles. The van der Waals surface area contributed by atoms with Gasteiger partial charge >= 0.3 is 0 Å². The topological polar surface area (TPSA) is 72.2 Å². The monoisotopic (exact) mass is 312 g/mol. The highest BCUT2D eigenvalue weighted by Crippen LogP contribution is 2.28. The number of hydrogen-bond donors (Lipinski definition) is 2. The van der Waals surface area contributed by atoms with Gasteiger partial charge in [0, 0.05) is 11.1 Å². The molecule has 1 unspecified atom stereocenters. The predicted molar refractivity (Wildman–Crippen MR) is 66.4 cm³/mol. The lowest BCUT2D eigenvalue weighted by Gasteiger charge is -2.12. The molecule has 0 fully saturated rings. The van der Waals surface area contributed by atoms with Crippen LogP contribution >= 0.6 is 27.3 Å². The third kappa shape index (κ3) is 4.60. The van der Waals surface area contributed by atoms with Crippen LogP contribution in [-0.2, 0) is 9.84 Å². The van der Waals surface area contributed by atoms with E-state index in [1.807, 2.05) is 12.1 Å². The summed E-state index contributed by atoms with van der Waals surface area (Å²) in [5, 5.41) is 0. The molecule has 3 N–H and O–H groups in total. The van der Waals surface area contributed by atoms with Gasteiger partial charge in [0.15, 0.2) is 0 Å². The van der Waals surface area contributed by atoms with Gasteiger partial charge in [0.25, 0.3) is 0 Å². The Balaban J connectivity index is 2.65. The summed E-state index contributed by atoms with van der Waals surface area (Å²) in [5.74, 6) is 5.53. The van der Waals surface area contributed by atoms with E-state index in [-0.39, 0.29) is 11.8 Å². The van der Waals surface area contributed by atoms with Crippen LogP contribution < -0.4 is 11.3 Å². The van der Waals surface area contributed by atoms with Crippen molar-refractivity contribution < 1.29 is 8.42 Å². The van der Waals surface area contributed by atoms with Gasteiger partial charge in [-0.15, -0.1) is 11.3 Å². The molecule has 7 heteroatoms. The van der Waals surface area contributed by atoms with E-state index in [2.05, 4.69) is 21.4 Å². The highest BCUT2D eigenvalue weighted by molar-refractivity contribution is 9.11. The highest BCUT2D eigenvalue weighted by atomic mass is 79.9. The molecule has 86 valence electrons. The van der Waals surface area contributed by atoms with Gasteiger partial charge in [-0.25, -0.2) is 8.42 Å². The smallest absolute Gasteiger partial charge is 0.147 e. The maximum atomic E-state index is 11.0. The predicted octanol–water partition coefficient (Wildman–Crippen LogP) is 1.45. The van der Waals surface area contributed by atoms with E-state index in [9.17, 15) is 8.42 Å². The van der Waals surface area contributed by atoms with E-state index >= 15 is 0 Å². The van der Waals surface area contributed by atoms with Gasteiger partial charge in [0.05, 0.1) is 15.6 Å². The summed E-state index contributed by atoms with van der Waals surface area (Å²) in [7, 11) is -2.93. The van der Waals surface area contributed by atoms with Crippen molar-refractivity contribution in [2.45, 2.75) is 12.5 Å². The molecule has 1 aromatic heterocycles. The third-order valence-corrected chi connectivity index (χ3v) is 4.63. The average Bonchev–Trinajstić information content (AvgIpc) is 2.51. The molecule has 15 heavy (non-hydrogen) atoms. The van der Waals surface area contributed by atoms with Crippen molar-refractivity contribution in [2.24, 2.45) is 5.84 Å². The first kappa shape index (κ1) is 13.1. The number of thiophene rings is 1. The van der Waals surface area contributed by atoms with Crippen LogP contribution in [0.5, 0.6) is 0 Å². The number of rotatable bonds is 5. The second kappa shape index (κ2) is 5.40. The first-order chi connectivity index (χ1) is 6.92. The van der Waals surface area contributed by atoms with E-state index in [0.717, 1.165) is 8.66 Å². The largest absolute Gasteiger partial charge is 0.271 e. The lowest BCUT2D eigenvalue weighted by Crippen LogP contribution is -2.28. The molecule has 0 saturated heterocycles. The normalized spacial score (nSPS) is 14.1. The number of hydrazine groups is 1. The molecule has 4 nitrogen and oxygen atoms in total. The van der Waals surface area contributed by atoms with Gasteiger partial charge in [-0.05, 0) is 34.5 Å². The molecule has 0 aliphatic heterocycles. The summed E-state index contributed by atoms with van der Waals surface area (Å²) in [6, 6.07) is 3.75. The zero-order valence-corrected chi connectivity index (χ0v) is 11.5. The second-order valence-corrected chi connectivity index (χ2v) is 8.03. The molecular formula is C8H13BrN2O2S2. The summed E-state index contributed by atoms with van der Waals surface area (Å²) in [5.41, 5.74) is 2.63. The Kier molecular flexibility index (Phi) is 4.72. The molecule has 0 radical (unpaired) electrons. The summed E-state index contributed by atoms with van der Waals surface area (Å²) in [6.07, 6.45) is 1.72. The first-order valence-corrected chi connectivity index (χ1v) is 7.98. The quantitative estimate of drug-likeness (QED) is 0.637. The maximum absolute atomic E-state index is 11.0. The standard InChI is InChI=1S/C8H13BrN2O2S2/c1-15(12,13)5-4-6(11-10)7-2-3-8(9)14-7/h2-3,6,11H,4-5,10H2,1H3. The van der Waals surface area contributed by atoms with Gasteiger partial charge in [-0.1, -0.05) is 0 Å². The van der Waals surface area contributed by atoms with Gasteiger partial charge in [-0.3, -0.25) is 11.3 Å². The van der Waals surface area contributed by atoms with Crippen molar-refractivity contribution >= 4 is 37.1 Å². The zero-order chi connectivity index (χ0) is 11.5. The molecule has 0 aromatic carbocycles. The number of halogens is 1. The van der Waals surface area contributed by atoms with E-state index in [1.54, 1.807) is 11.3 Å². The minimum Gasteiger partial charge on any atom is -0.271 e. The van der Waals surface area contributed by atoms with Crippen LogP contribution in [0.2, 0.25) is 0 Å². The Morgan fingerprint density at radius 3 is 2.67 bits per heavy atom. The lowest BCUT2D eigenvalue weighted by molar-refractivity contribution is 0.538. The van der Waals surface area contributed by atoms with E-state index in [1.165, 1.54) is 6.26 Å². The third-order valence-electron chi connectivity index (χ3n) is 1.92. The fourth-order valence-corrected chi connectivity index (χ4v) is 3.34. The first-order valence-electron chi connectivity index (χ1n) is 4.31. The van der Waals surface area contributed by atoms with Gasteiger partial charge in [-0.2, -0.15) is 0 Å². The van der Waals surface area contributed by atoms with E-state index in [4.69, 9.17) is 5.84 Å². The van der Waals surface area contributed by atoms with Crippen LogP contribution in [-0.4, -0.2) is 20.4 Å². The van der Waals surface area contributed by atoms with Crippen LogP contribution in [0.4, 0.5) is 0 Å². The van der Waals surface area contributed by atoms with Crippen LogP contribution in [0.1, 0.15) is 17.3 Å². The Bertz CT molecular complexity index is 416. The maximum Gasteiger partial charge on any atom is 0.147 e. The van der Waals surface area contributed by atoms with Crippen LogP contribution in [0.25, 0.3) is 0 Å². The van der Waals surface area contributed by atoms with Crippen LogP contribution in [0, 0.1) is 0 Å². The minimum atomic E-state index is -2.93. The summed E-state index contributed by atoms with van der Waals surface area (Å²) in [6.45, 7) is 0. The van der Waals surface area contributed by atoms with Gasteiger partial charge in [0.1, 0.15) is 9.84 Å². The summed E-state index contributed by atoms with van der Waals surface area (Å²) < 4.78 is 23.0. The molecule has 1 heterocycles. The summed E-state index contributed by atoms with van der Waals surface area (Å²) in [4.78, 5) is 1.04. The van der Waals surface area contributed by atoms with Crippen molar-refractivity contribution in [3.8, 4) is 0 Å². The van der Waals surface area contributed by atoms with Crippen LogP contribution in [0.15, 0.2) is 15.9 Å². The van der Waals surface area contributed by atoms with Crippen molar-refractivity contribution in [3.05, 3.63) is 20.8 Å². The molecule has 0 bridgehead atoms. The Hall–Kier alpha value is 0.0500. The molecule has 1 atom stereocenters. The molecule has 1 rings (SSSR count). The van der Waals surface area contributed by atoms with Crippen molar-refractivity contribution in [2.75, 3.05) is 12.0 Å². The van der Waals surface area contributed by atoms with E-state index < -0.39 is 9.84 Å². The molecule has 0 spiro atoms. The summed E-state index contributed by atoms with van der Waals surface area (Å²) >= 11 is 4.90. The Morgan fingerprint density at radius 1 is 1.60 bits per heavy atom. The number of sulfone groups is 1. The number of nitrogens with one attached hydrogen (secondary N) is 1. The van der Waals surface area contributed by atoms with E-state index in [0.29, 0.717) is 6.42 Å². The van der Waals surface area contributed by atoms with Crippen molar-refractivity contribution in [1.29, 1.82) is 0 Å². The number of hydrogen-bond acceptors (Lipinski definition) is 5. The van der Waals surface area contributed by atoms with Crippen LogP contribution in [0.3, 0.4) is 0 Å². The van der Waals surface area contributed by atoms with Gasteiger partial charge in [0.2, 0.25) is 0 Å². The molecular weight excluding hydrogens is 300 g/mol. The highest BCUT2D eigenvalue weighted by Gasteiger charge is 2.14. The second-order valence-electron chi connectivity index (χ2n) is 3.28. The Labute approximate surface area is 102 Å². The average molecular weight is 313 g/mol. The Morgan fingerprint density at radius 2 is 2.27 bits per heavy atom. The molecule has 1 aromatic rings. The molecule has 0 amide bonds. The fourth-order valence-electron chi connectivity index (χ4n) is 1.16. The minimum absolute atomic E-state index is 0.101. The van der Waals surface area contributed by atoms with Crippen molar-refractivity contribution in [1.82, 2.24) is 5.43 Å². The lowest BCUT2D eigenvalue weighted by atomic mass is 10.2. The SMILES string of the molecule is CS(=O)(=O)CCC(NN)c1ccc(Br)s1. The van der Waals surface area contributed by atoms with Crippen molar-refractivity contribution in [3.63, 3.8) is 0 Å². The fraction of sp³-hybridized carbons (Fsp3) is 0.500. The van der Waals surface area contributed by atoms with Gasteiger partial charge < -0.3 is 0 Å².